The number of rotatable bonds is 3. The number of thiophene rings is 1. The third-order valence-corrected chi connectivity index (χ3v) is 5.60. The summed E-state index contributed by atoms with van der Waals surface area (Å²) in [5, 5.41) is 0. The van der Waals surface area contributed by atoms with Gasteiger partial charge in [0.05, 0.1) is 23.7 Å². The second-order valence-corrected chi connectivity index (χ2v) is 7.55. The van der Waals surface area contributed by atoms with E-state index in [-0.39, 0.29) is 24.2 Å². The van der Waals surface area contributed by atoms with Crippen LogP contribution in [-0.4, -0.2) is 47.2 Å². The number of ether oxygens (including phenoxy) is 2. The van der Waals surface area contributed by atoms with Crippen molar-refractivity contribution in [2.75, 3.05) is 13.2 Å². The molecule has 0 aromatic carbocycles. The molecule has 3 atom stereocenters. The van der Waals surface area contributed by atoms with Gasteiger partial charge in [-0.05, 0) is 44.0 Å². The Labute approximate surface area is 145 Å². The minimum absolute atomic E-state index is 0.0658. The molecule has 0 N–H and O–H groups in total. The van der Waals surface area contributed by atoms with E-state index in [0.717, 1.165) is 35.0 Å². The van der Waals surface area contributed by atoms with Gasteiger partial charge in [-0.15, -0.1) is 11.3 Å². The number of pyridine rings is 1. The highest BCUT2D eigenvalue weighted by Crippen LogP contribution is 2.33. The molecule has 2 fully saturated rings. The highest BCUT2D eigenvalue weighted by Gasteiger charge is 2.47. The molecule has 1 amide bonds. The standard InChI is InChI=1S/C18H20N2O3S/c1-12-6-7-16(24-12)18(21)20-11-15(17-14(20)5-3-9-22-17)23-13-4-2-8-19-10-13/h2,4,6-8,10,14-15,17H,3,5,9,11H2,1H3/t14-,15+,17+/m1/s1. The largest absolute Gasteiger partial charge is 0.484 e. The molecule has 0 saturated carbocycles. The van der Waals surface area contributed by atoms with Crippen LogP contribution >= 0.6 is 11.3 Å². The molecule has 4 rings (SSSR count). The number of fused-ring (bicyclic) bond motifs is 1. The second kappa shape index (κ2) is 6.53. The molecule has 2 aromatic rings. The number of nitrogens with zero attached hydrogens (tertiary/aromatic N) is 2. The maximum absolute atomic E-state index is 12.9. The van der Waals surface area contributed by atoms with Gasteiger partial charge in [-0.25, -0.2) is 0 Å². The summed E-state index contributed by atoms with van der Waals surface area (Å²) in [7, 11) is 0. The van der Waals surface area contributed by atoms with Gasteiger partial charge >= 0.3 is 0 Å². The van der Waals surface area contributed by atoms with Crippen LogP contribution in [0, 0.1) is 6.92 Å². The molecule has 0 bridgehead atoms. The summed E-state index contributed by atoms with van der Waals surface area (Å²) in [5.41, 5.74) is 0. The molecule has 2 saturated heterocycles. The zero-order valence-electron chi connectivity index (χ0n) is 13.6. The maximum Gasteiger partial charge on any atom is 0.264 e. The lowest BCUT2D eigenvalue weighted by Gasteiger charge is -2.31. The van der Waals surface area contributed by atoms with Crippen LogP contribution in [0.3, 0.4) is 0 Å². The molecule has 0 spiro atoms. The van der Waals surface area contributed by atoms with Crippen molar-refractivity contribution < 1.29 is 14.3 Å². The van der Waals surface area contributed by atoms with Crippen LogP contribution in [0.4, 0.5) is 0 Å². The molecule has 2 aliphatic heterocycles. The van der Waals surface area contributed by atoms with Crippen LogP contribution < -0.4 is 4.74 Å². The number of aromatic nitrogens is 1. The summed E-state index contributed by atoms with van der Waals surface area (Å²) in [5.74, 6) is 0.808. The molecular weight excluding hydrogens is 324 g/mol. The Morgan fingerprint density at radius 3 is 3.08 bits per heavy atom. The number of carbonyl (C=O) groups is 1. The maximum atomic E-state index is 12.9. The van der Waals surface area contributed by atoms with Crippen molar-refractivity contribution >= 4 is 17.2 Å². The Morgan fingerprint density at radius 1 is 1.42 bits per heavy atom. The van der Waals surface area contributed by atoms with Crippen molar-refractivity contribution in [3.05, 3.63) is 46.4 Å². The van der Waals surface area contributed by atoms with Crippen LogP contribution in [0.2, 0.25) is 0 Å². The lowest BCUT2D eigenvalue weighted by atomic mass is 10.0. The lowest BCUT2D eigenvalue weighted by Crippen LogP contribution is -2.44. The van der Waals surface area contributed by atoms with Crippen molar-refractivity contribution in [2.24, 2.45) is 0 Å². The molecule has 6 heteroatoms. The summed E-state index contributed by atoms with van der Waals surface area (Å²) < 4.78 is 12.1. The molecule has 2 aliphatic rings. The van der Waals surface area contributed by atoms with E-state index in [1.165, 1.54) is 0 Å². The zero-order valence-corrected chi connectivity index (χ0v) is 14.4. The van der Waals surface area contributed by atoms with Crippen molar-refractivity contribution in [3.63, 3.8) is 0 Å². The SMILES string of the molecule is Cc1ccc(C(=O)N2C[C@H](Oc3cccnc3)[C@H]3OCCC[C@H]32)s1. The molecule has 126 valence electrons. The molecule has 4 heterocycles. The monoisotopic (exact) mass is 344 g/mol. The summed E-state index contributed by atoms with van der Waals surface area (Å²) in [6, 6.07) is 7.73. The van der Waals surface area contributed by atoms with E-state index in [9.17, 15) is 4.79 Å². The van der Waals surface area contributed by atoms with E-state index in [0.29, 0.717) is 6.54 Å². The number of aryl methyl sites for hydroxylation is 1. The highest BCUT2D eigenvalue weighted by molar-refractivity contribution is 7.13. The van der Waals surface area contributed by atoms with Gasteiger partial charge in [-0.2, -0.15) is 0 Å². The van der Waals surface area contributed by atoms with Crippen LogP contribution in [0.5, 0.6) is 5.75 Å². The summed E-state index contributed by atoms with van der Waals surface area (Å²) in [6.07, 6.45) is 5.15. The van der Waals surface area contributed by atoms with E-state index in [1.807, 2.05) is 36.1 Å². The first-order valence-corrected chi connectivity index (χ1v) is 9.10. The first kappa shape index (κ1) is 15.6. The Morgan fingerprint density at radius 2 is 2.33 bits per heavy atom. The molecule has 0 radical (unpaired) electrons. The van der Waals surface area contributed by atoms with E-state index in [1.54, 1.807) is 23.7 Å². The number of hydrogen-bond donors (Lipinski definition) is 0. The zero-order chi connectivity index (χ0) is 16.5. The van der Waals surface area contributed by atoms with Crippen molar-refractivity contribution in [2.45, 2.75) is 38.0 Å². The Kier molecular flexibility index (Phi) is 4.24. The Bertz CT molecular complexity index is 718. The summed E-state index contributed by atoms with van der Waals surface area (Å²) in [4.78, 5) is 20.9. The van der Waals surface area contributed by atoms with E-state index < -0.39 is 0 Å². The van der Waals surface area contributed by atoms with Gasteiger partial charge < -0.3 is 14.4 Å². The number of hydrogen-bond acceptors (Lipinski definition) is 5. The molecule has 0 unspecified atom stereocenters. The smallest absolute Gasteiger partial charge is 0.264 e. The molecule has 0 aliphatic carbocycles. The first-order valence-electron chi connectivity index (χ1n) is 8.28. The normalized spacial score (nSPS) is 26.2. The molecule has 24 heavy (non-hydrogen) atoms. The molecule has 5 nitrogen and oxygen atoms in total. The predicted octanol–water partition coefficient (Wildman–Crippen LogP) is 2.90. The number of likely N-dealkylation sites (tertiary alicyclic amines) is 1. The van der Waals surface area contributed by atoms with Gasteiger partial charge in [0.15, 0.2) is 0 Å². The summed E-state index contributed by atoms with van der Waals surface area (Å²) >= 11 is 1.54. The molecule has 2 aromatic heterocycles. The van der Waals surface area contributed by atoms with Crippen LogP contribution in [0.25, 0.3) is 0 Å². The van der Waals surface area contributed by atoms with Gasteiger partial charge in [0.25, 0.3) is 5.91 Å². The highest BCUT2D eigenvalue weighted by atomic mass is 32.1. The second-order valence-electron chi connectivity index (χ2n) is 6.26. The molecular formula is C18H20N2O3S. The Balaban J connectivity index is 1.56. The average Bonchev–Trinajstić information content (AvgIpc) is 3.20. The topological polar surface area (TPSA) is 51.7 Å². The van der Waals surface area contributed by atoms with E-state index in [2.05, 4.69) is 4.98 Å². The van der Waals surface area contributed by atoms with Gasteiger partial charge in [-0.1, -0.05) is 0 Å². The van der Waals surface area contributed by atoms with Crippen LogP contribution in [0.15, 0.2) is 36.7 Å². The van der Waals surface area contributed by atoms with Crippen LogP contribution in [-0.2, 0) is 4.74 Å². The van der Waals surface area contributed by atoms with Crippen molar-refractivity contribution in [1.29, 1.82) is 0 Å². The predicted molar refractivity (Wildman–Crippen MR) is 91.5 cm³/mol. The third kappa shape index (κ3) is 2.91. The van der Waals surface area contributed by atoms with Crippen molar-refractivity contribution in [1.82, 2.24) is 9.88 Å². The average molecular weight is 344 g/mol. The van der Waals surface area contributed by atoms with Gasteiger partial charge in [0.2, 0.25) is 0 Å². The lowest BCUT2D eigenvalue weighted by molar-refractivity contribution is -0.0447. The van der Waals surface area contributed by atoms with E-state index in [4.69, 9.17) is 9.47 Å². The first-order chi connectivity index (χ1) is 11.7. The third-order valence-electron chi connectivity index (χ3n) is 4.61. The fourth-order valence-corrected chi connectivity index (χ4v) is 4.35. The number of amides is 1. The van der Waals surface area contributed by atoms with Gasteiger partial charge in [0, 0.05) is 17.7 Å². The fraction of sp³-hybridized carbons (Fsp3) is 0.444. The minimum Gasteiger partial charge on any atom is -0.484 e. The van der Waals surface area contributed by atoms with Crippen molar-refractivity contribution in [3.8, 4) is 5.75 Å². The van der Waals surface area contributed by atoms with Crippen LogP contribution in [0.1, 0.15) is 27.4 Å². The number of carbonyl (C=O) groups excluding carboxylic acids is 1. The quantitative estimate of drug-likeness (QED) is 0.859. The van der Waals surface area contributed by atoms with Gasteiger partial charge in [0.1, 0.15) is 18.0 Å². The summed E-state index contributed by atoms with van der Waals surface area (Å²) in [6.45, 7) is 3.31. The fourth-order valence-electron chi connectivity index (χ4n) is 3.53. The Hall–Kier alpha value is -1.92. The van der Waals surface area contributed by atoms with Gasteiger partial charge in [-0.3, -0.25) is 9.78 Å². The minimum atomic E-state index is -0.149. The van der Waals surface area contributed by atoms with E-state index >= 15 is 0 Å².